The third-order valence-corrected chi connectivity index (χ3v) is 3.54. The Labute approximate surface area is 101 Å². The third-order valence-electron chi connectivity index (χ3n) is 3.54. The highest BCUT2D eigenvalue weighted by molar-refractivity contribution is 5.32. The second-order valence-corrected chi connectivity index (χ2v) is 4.77. The van der Waals surface area contributed by atoms with Gasteiger partial charge < -0.3 is 4.90 Å². The molecule has 1 fully saturated rings. The minimum atomic E-state index is 0.606. The van der Waals surface area contributed by atoms with Gasteiger partial charge in [0.05, 0.1) is 0 Å². The van der Waals surface area contributed by atoms with Gasteiger partial charge in [0.2, 0.25) is 0 Å². The lowest BCUT2D eigenvalue weighted by molar-refractivity contribution is 0.313. The summed E-state index contributed by atoms with van der Waals surface area (Å²) < 4.78 is 0. The van der Waals surface area contributed by atoms with E-state index in [-0.39, 0.29) is 0 Å². The van der Waals surface area contributed by atoms with E-state index in [1.165, 1.54) is 29.7 Å². The molecular formula is C15H25N. The summed E-state index contributed by atoms with van der Waals surface area (Å²) in [5.74, 6) is 0.606. The van der Waals surface area contributed by atoms with Gasteiger partial charge in [0.1, 0.15) is 0 Å². The van der Waals surface area contributed by atoms with E-state index in [0.29, 0.717) is 5.92 Å². The molecule has 1 aliphatic rings. The minimum absolute atomic E-state index is 0.606. The molecule has 1 rings (SSSR count). The van der Waals surface area contributed by atoms with Crippen LogP contribution in [-0.2, 0) is 0 Å². The fraction of sp³-hybridized carbons (Fsp3) is 0.600. The van der Waals surface area contributed by atoms with Crippen LogP contribution in [0.4, 0.5) is 0 Å². The van der Waals surface area contributed by atoms with Crippen molar-refractivity contribution in [1.29, 1.82) is 0 Å². The number of nitrogens with zero attached hydrogens (tertiary/aromatic N) is 1. The molecule has 0 aromatic carbocycles. The molecule has 1 heteroatoms. The minimum Gasteiger partial charge on any atom is -0.370 e. The summed E-state index contributed by atoms with van der Waals surface area (Å²) >= 11 is 0. The smallest absolute Gasteiger partial charge is 0.0425 e. The van der Waals surface area contributed by atoms with Crippen LogP contribution in [0.5, 0.6) is 0 Å². The highest BCUT2D eigenvalue weighted by Crippen LogP contribution is 2.27. The summed E-state index contributed by atoms with van der Waals surface area (Å²) in [6.45, 7) is 17.1. The lowest BCUT2D eigenvalue weighted by Crippen LogP contribution is -2.33. The van der Waals surface area contributed by atoms with Gasteiger partial charge in [-0.15, -0.1) is 0 Å². The quantitative estimate of drug-likeness (QED) is 0.686. The van der Waals surface area contributed by atoms with Crippen LogP contribution in [0.2, 0.25) is 0 Å². The van der Waals surface area contributed by atoms with Gasteiger partial charge in [-0.05, 0) is 36.8 Å². The number of allylic oxidation sites excluding steroid dienone is 2. The number of hydrogen-bond donors (Lipinski definition) is 0. The molecule has 0 radical (unpaired) electrons. The molecule has 0 spiro atoms. The first kappa shape index (κ1) is 13.1. The van der Waals surface area contributed by atoms with Crippen LogP contribution in [0, 0.1) is 5.92 Å². The van der Waals surface area contributed by atoms with Crippen LogP contribution in [0.25, 0.3) is 0 Å². The first-order chi connectivity index (χ1) is 7.60. The summed E-state index contributed by atoms with van der Waals surface area (Å²) in [6, 6.07) is 0. The molecule has 0 bridgehead atoms. The number of likely N-dealkylation sites (tertiary alicyclic amines) is 1. The van der Waals surface area contributed by atoms with E-state index in [9.17, 15) is 0 Å². The van der Waals surface area contributed by atoms with Crippen LogP contribution in [0.3, 0.4) is 0 Å². The van der Waals surface area contributed by atoms with Crippen molar-refractivity contribution in [2.75, 3.05) is 13.1 Å². The van der Waals surface area contributed by atoms with Gasteiger partial charge in [-0.25, -0.2) is 0 Å². The Morgan fingerprint density at radius 3 is 2.81 bits per heavy atom. The first-order valence-electron chi connectivity index (χ1n) is 6.37. The van der Waals surface area contributed by atoms with Crippen molar-refractivity contribution >= 4 is 0 Å². The standard InChI is InChI=1S/C15H25N/c1-6-8-12(3)14(5)16-10-9-13(4)15(7-2)11-16/h7,12H,4-6,8-11H2,1-3H3/b15-7-. The molecule has 16 heavy (non-hydrogen) atoms. The van der Waals surface area contributed by atoms with Crippen LogP contribution < -0.4 is 0 Å². The molecule has 0 aromatic heterocycles. The maximum atomic E-state index is 4.26. The molecule has 1 nitrogen and oxygen atoms in total. The Balaban J connectivity index is 2.62. The molecule has 0 N–H and O–H groups in total. The second-order valence-electron chi connectivity index (χ2n) is 4.77. The molecule has 1 saturated heterocycles. The van der Waals surface area contributed by atoms with Crippen molar-refractivity contribution in [3.63, 3.8) is 0 Å². The fourth-order valence-electron chi connectivity index (χ4n) is 2.28. The van der Waals surface area contributed by atoms with E-state index in [0.717, 1.165) is 19.5 Å². The van der Waals surface area contributed by atoms with Gasteiger partial charge in [0.15, 0.2) is 0 Å². The van der Waals surface area contributed by atoms with E-state index in [1.807, 2.05) is 0 Å². The van der Waals surface area contributed by atoms with Gasteiger partial charge in [0, 0.05) is 18.8 Å². The Morgan fingerprint density at radius 2 is 2.25 bits per heavy atom. The summed E-state index contributed by atoms with van der Waals surface area (Å²) in [5.41, 5.74) is 3.99. The second kappa shape index (κ2) is 5.93. The van der Waals surface area contributed by atoms with Gasteiger partial charge in [-0.1, -0.05) is 39.5 Å². The SMILES string of the molecule is C=C1CCN(C(=C)C(C)CCC)C/C1=C/C. The van der Waals surface area contributed by atoms with Crippen molar-refractivity contribution < 1.29 is 0 Å². The highest BCUT2D eigenvalue weighted by atomic mass is 15.1. The van der Waals surface area contributed by atoms with Crippen molar-refractivity contribution in [2.45, 2.75) is 40.0 Å². The molecule has 0 aliphatic carbocycles. The average molecular weight is 219 g/mol. The van der Waals surface area contributed by atoms with Crippen LogP contribution in [0.15, 0.2) is 36.1 Å². The summed E-state index contributed by atoms with van der Waals surface area (Å²) in [5, 5.41) is 0. The molecule has 0 amide bonds. The zero-order chi connectivity index (χ0) is 12.1. The fourth-order valence-corrected chi connectivity index (χ4v) is 2.28. The van der Waals surface area contributed by atoms with Crippen molar-refractivity contribution in [2.24, 2.45) is 5.92 Å². The molecule has 0 aromatic rings. The molecule has 1 heterocycles. The molecule has 1 unspecified atom stereocenters. The van der Waals surface area contributed by atoms with Crippen LogP contribution in [0.1, 0.15) is 40.0 Å². The zero-order valence-corrected chi connectivity index (χ0v) is 11.1. The van der Waals surface area contributed by atoms with Crippen molar-refractivity contribution in [3.8, 4) is 0 Å². The first-order valence-corrected chi connectivity index (χ1v) is 6.37. The topological polar surface area (TPSA) is 3.24 Å². The lowest BCUT2D eigenvalue weighted by Gasteiger charge is -2.35. The number of hydrogen-bond acceptors (Lipinski definition) is 1. The number of rotatable bonds is 4. The Kier molecular flexibility index (Phi) is 4.85. The third kappa shape index (κ3) is 3.01. The van der Waals surface area contributed by atoms with Crippen LogP contribution in [-0.4, -0.2) is 18.0 Å². The lowest BCUT2D eigenvalue weighted by atomic mass is 9.95. The monoisotopic (exact) mass is 219 g/mol. The normalized spacial score (nSPS) is 21.3. The van der Waals surface area contributed by atoms with Gasteiger partial charge in [0.25, 0.3) is 0 Å². The average Bonchev–Trinajstić information content (AvgIpc) is 2.29. The van der Waals surface area contributed by atoms with Gasteiger partial charge >= 0.3 is 0 Å². The molecule has 1 atom stereocenters. The Hall–Kier alpha value is -0.980. The van der Waals surface area contributed by atoms with Gasteiger partial charge in [-0.2, -0.15) is 0 Å². The summed E-state index contributed by atoms with van der Waals surface area (Å²) in [7, 11) is 0. The Morgan fingerprint density at radius 1 is 1.56 bits per heavy atom. The predicted octanol–water partition coefficient (Wildman–Crippen LogP) is 4.14. The van der Waals surface area contributed by atoms with E-state index < -0.39 is 0 Å². The largest absolute Gasteiger partial charge is 0.370 e. The van der Waals surface area contributed by atoms with E-state index in [1.54, 1.807) is 0 Å². The van der Waals surface area contributed by atoms with Crippen LogP contribution >= 0.6 is 0 Å². The highest BCUT2D eigenvalue weighted by Gasteiger charge is 2.20. The van der Waals surface area contributed by atoms with Crippen molar-refractivity contribution in [1.82, 2.24) is 4.90 Å². The van der Waals surface area contributed by atoms with E-state index in [2.05, 4.69) is 44.9 Å². The van der Waals surface area contributed by atoms with E-state index in [4.69, 9.17) is 0 Å². The summed E-state index contributed by atoms with van der Waals surface area (Å²) in [4.78, 5) is 2.42. The molecular weight excluding hydrogens is 194 g/mol. The maximum absolute atomic E-state index is 4.26. The van der Waals surface area contributed by atoms with Crippen molar-refractivity contribution in [3.05, 3.63) is 36.1 Å². The summed E-state index contributed by atoms with van der Waals surface area (Å²) in [6.07, 6.45) is 5.74. The number of piperidine rings is 1. The maximum Gasteiger partial charge on any atom is 0.0425 e. The predicted molar refractivity (Wildman–Crippen MR) is 72.3 cm³/mol. The zero-order valence-electron chi connectivity index (χ0n) is 11.1. The molecule has 90 valence electrons. The van der Waals surface area contributed by atoms with Gasteiger partial charge in [-0.3, -0.25) is 0 Å². The molecule has 0 saturated carbocycles. The Bertz CT molecular complexity index is 299. The van der Waals surface area contributed by atoms with E-state index >= 15 is 0 Å². The molecule has 1 aliphatic heterocycles.